The fourth-order valence-corrected chi connectivity index (χ4v) is 2.02. The maximum atomic E-state index is 9.02. The summed E-state index contributed by atoms with van der Waals surface area (Å²) in [6.45, 7) is 9.46. The zero-order valence-electron chi connectivity index (χ0n) is 11.7. The number of benzene rings is 1. The van der Waals surface area contributed by atoms with Gasteiger partial charge in [-0.1, -0.05) is 24.6 Å². The van der Waals surface area contributed by atoms with Crippen LogP contribution in [-0.2, 0) is 0 Å². The van der Waals surface area contributed by atoms with E-state index >= 15 is 0 Å². The smallest absolute Gasteiger partial charge is 0.130 e. The van der Waals surface area contributed by atoms with Gasteiger partial charge in [-0.25, -0.2) is 0 Å². The molecule has 0 saturated carbocycles. The predicted molar refractivity (Wildman–Crippen MR) is 73.8 cm³/mol. The molecule has 0 aromatic heterocycles. The lowest BCUT2D eigenvalue weighted by molar-refractivity contribution is 0.286. The Kier molecular flexibility index (Phi) is 5.67. The topological polar surface area (TPSA) is 45.0 Å². The molecule has 0 bridgehead atoms. The summed E-state index contributed by atoms with van der Waals surface area (Å²) in [6.07, 6.45) is 1.01. The van der Waals surface area contributed by atoms with Crippen LogP contribution in [0.3, 0.4) is 0 Å². The second kappa shape index (κ2) is 7.03. The van der Waals surface area contributed by atoms with Crippen LogP contribution in [0.2, 0.25) is 0 Å². The van der Waals surface area contributed by atoms with E-state index in [9.17, 15) is 0 Å². The molecule has 0 heterocycles. The molecule has 0 aliphatic carbocycles. The van der Waals surface area contributed by atoms with Crippen LogP contribution in [0.4, 0.5) is 0 Å². The molecule has 1 aromatic carbocycles. The van der Waals surface area contributed by atoms with Gasteiger partial charge in [0.1, 0.15) is 18.4 Å². The third kappa shape index (κ3) is 4.05. The Morgan fingerprint density at radius 3 is 2.39 bits per heavy atom. The summed E-state index contributed by atoms with van der Waals surface area (Å²) < 4.78 is 5.79. The third-order valence-electron chi connectivity index (χ3n) is 2.80. The summed E-state index contributed by atoms with van der Waals surface area (Å²) in [6, 6.07) is 6.18. The molecule has 0 aliphatic heterocycles. The molecule has 0 amide bonds. The van der Waals surface area contributed by atoms with Gasteiger partial charge >= 0.3 is 0 Å². The minimum Gasteiger partial charge on any atom is -0.490 e. The summed E-state index contributed by atoms with van der Waals surface area (Å²) in [7, 11) is 0. The zero-order chi connectivity index (χ0) is 13.5. The van der Waals surface area contributed by atoms with Crippen LogP contribution in [-0.4, -0.2) is 19.2 Å². The van der Waals surface area contributed by atoms with Crippen molar-refractivity contribution in [2.45, 2.75) is 40.2 Å². The number of nitriles is 1. The minimum atomic E-state index is -0.245. The molecule has 1 N–H and O–H groups in total. The van der Waals surface area contributed by atoms with Gasteiger partial charge in [-0.3, -0.25) is 5.32 Å². The van der Waals surface area contributed by atoms with Crippen LogP contribution in [0.15, 0.2) is 12.1 Å². The first-order valence-corrected chi connectivity index (χ1v) is 6.42. The maximum Gasteiger partial charge on any atom is 0.130 e. The van der Waals surface area contributed by atoms with E-state index in [-0.39, 0.29) is 6.04 Å². The van der Waals surface area contributed by atoms with Crippen LogP contribution in [0, 0.1) is 32.1 Å². The van der Waals surface area contributed by atoms with Gasteiger partial charge in [0.05, 0.1) is 6.07 Å². The van der Waals surface area contributed by atoms with Gasteiger partial charge in [0.2, 0.25) is 0 Å². The van der Waals surface area contributed by atoms with E-state index in [0.29, 0.717) is 6.61 Å². The Bertz CT molecular complexity index is 412. The van der Waals surface area contributed by atoms with E-state index in [1.54, 1.807) is 0 Å². The second-order valence-electron chi connectivity index (χ2n) is 4.67. The number of hydrogen-bond acceptors (Lipinski definition) is 3. The highest BCUT2D eigenvalue weighted by molar-refractivity contribution is 5.43. The highest BCUT2D eigenvalue weighted by Crippen LogP contribution is 2.24. The van der Waals surface area contributed by atoms with Crippen molar-refractivity contribution in [3.63, 3.8) is 0 Å². The lowest BCUT2D eigenvalue weighted by atomic mass is 10.1. The number of nitrogens with zero attached hydrogens (tertiary/aromatic N) is 1. The SMILES string of the molecule is CCCNC(C#N)COc1c(C)cc(C)cc1C. The van der Waals surface area contributed by atoms with Gasteiger partial charge < -0.3 is 4.74 Å². The fourth-order valence-electron chi connectivity index (χ4n) is 2.02. The first-order valence-electron chi connectivity index (χ1n) is 6.42. The highest BCUT2D eigenvalue weighted by atomic mass is 16.5. The molecule has 3 nitrogen and oxygen atoms in total. The van der Waals surface area contributed by atoms with Crippen LogP contribution >= 0.6 is 0 Å². The summed E-state index contributed by atoms with van der Waals surface area (Å²) >= 11 is 0. The molecular formula is C15H22N2O. The molecular weight excluding hydrogens is 224 g/mol. The van der Waals surface area contributed by atoms with Gasteiger partial charge in [-0.2, -0.15) is 5.26 Å². The minimum absolute atomic E-state index is 0.245. The van der Waals surface area contributed by atoms with Crippen molar-refractivity contribution in [3.8, 4) is 11.8 Å². The van der Waals surface area contributed by atoms with Gasteiger partial charge in [0.25, 0.3) is 0 Å². The molecule has 0 saturated heterocycles. The Morgan fingerprint density at radius 1 is 1.28 bits per heavy atom. The largest absolute Gasteiger partial charge is 0.490 e. The van der Waals surface area contributed by atoms with Gasteiger partial charge in [-0.05, 0) is 44.9 Å². The number of aryl methyl sites for hydroxylation is 3. The van der Waals surface area contributed by atoms with Gasteiger partial charge in [-0.15, -0.1) is 0 Å². The van der Waals surface area contributed by atoms with Crippen LogP contribution < -0.4 is 10.1 Å². The average molecular weight is 246 g/mol. The molecule has 0 fully saturated rings. The van der Waals surface area contributed by atoms with Gasteiger partial charge in [0.15, 0.2) is 0 Å². The van der Waals surface area contributed by atoms with Crippen molar-refractivity contribution < 1.29 is 4.74 Å². The van der Waals surface area contributed by atoms with Crippen molar-refractivity contribution in [2.75, 3.05) is 13.2 Å². The summed E-state index contributed by atoms with van der Waals surface area (Å²) in [5.74, 6) is 0.902. The average Bonchev–Trinajstić information content (AvgIpc) is 2.31. The van der Waals surface area contributed by atoms with E-state index in [1.165, 1.54) is 5.56 Å². The Labute approximate surface area is 110 Å². The molecule has 98 valence electrons. The molecule has 1 aromatic rings. The van der Waals surface area contributed by atoms with Crippen LogP contribution in [0.25, 0.3) is 0 Å². The van der Waals surface area contributed by atoms with E-state index < -0.39 is 0 Å². The molecule has 18 heavy (non-hydrogen) atoms. The number of ether oxygens (including phenoxy) is 1. The first kappa shape index (κ1) is 14.5. The van der Waals surface area contributed by atoms with Crippen molar-refractivity contribution in [3.05, 3.63) is 28.8 Å². The highest BCUT2D eigenvalue weighted by Gasteiger charge is 2.10. The number of hydrogen-bond donors (Lipinski definition) is 1. The van der Waals surface area contributed by atoms with E-state index in [1.807, 2.05) is 13.8 Å². The van der Waals surface area contributed by atoms with Crippen molar-refractivity contribution >= 4 is 0 Å². The first-order chi connectivity index (χ1) is 8.58. The van der Waals surface area contributed by atoms with Gasteiger partial charge in [0, 0.05) is 0 Å². The summed E-state index contributed by atoms with van der Waals surface area (Å²) in [4.78, 5) is 0. The van der Waals surface area contributed by atoms with Crippen LogP contribution in [0.5, 0.6) is 5.75 Å². The van der Waals surface area contributed by atoms with Crippen molar-refractivity contribution in [2.24, 2.45) is 0 Å². The number of nitrogens with one attached hydrogen (secondary N) is 1. The van der Waals surface area contributed by atoms with E-state index in [4.69, 9.17) is 10.00 Å². The van der Waals surface area contributed by atoms with Crippen molar-refractivity contribution in [1.29, 1.82) is 5.26 Å². The van der Waals surface area contributed by atoms with Crippen LogP contribution in [0.1, 0.15) is 30.0 Å². The molecule has 1 rings (SSSR count). The summed E-state index contributed by atoms with van der Waals surface area (Å²) in [5.41, 5.74) is 3.48. The van der Waals surface area contributed by atoms with E-state index in [2.05, 4.69) is 37.4 Å². The predicted octanol–water partition coefficient (Wildman–Crippen LogP) is 2.88. The molecule has 0 radical (unpaired) electrons. The van der Waals surface area contributed by atoms with E-state index in [0.717, 1.165) is 29.8 Å². The normalized spacial score (nSPS) is 11.9. The Balaban J connectivity index is 2.65. The zero-order valence-corrected chi connectivity index (χ0v) is 11.7. The lowest BCUT2D eigenvalue weighted by Gasteiger charge is -2.16. The monoisotopic (exact) mass is 246 g/mol. The molecule has 1 unspecified atom stereocenters. The molecule has 1 atom stereocenters. The second-order valence-corrected chi connectivity index (χ2v) is 4.67. The molecule has 0 spiro atoms. The summed E-state index contributed by atoms with van der Waals surface area (Å²) in [5, 5.41) is 12.2. The third-order valence-corrected chi connectivity index (χ3v) is 2.80. The van der Waals surface area contributed by atoms with Crippen molar-refractivity contribution in [1.82, 2.24) is 5.32 Å². The molecule has 0 aliphatic rings. The Hall–Kier alpha value is -1.53. The maximum absolute atomic E-state index is 9.02. The molecule has 3 heteroatoms. The fraction of sp³-hybridized carbons (Fsp3) is 0.533. The standard InChI is InChI=1S/C15H22N2O/c1-5-6-17-14(9-16)10-18-15-12(3)7-11(2)8-13(15)4/h7-8,14,17H,5-6,10H2,1-4H3. The Morgan fingerprint density at radius 2 is 1.89 bits per heavy atom. The number of rotatable bonds is 6. The quantitative estimate of drug-likeness (QED) is 0.839. The lowest BCUT2D eigenvalue weighted by Crippen LogP contribution is -2.33.